The summed E-state index contributed by atoms with van der Waals surface area (Å²) in [5.41, 5.74) is 10.1. The number of rotatable bonds is 12. The third-order valence-corrected chi connectivity index (χ3v) is 7.91. The Labute approximate surface area is 227 Å². The predicted molar refractivity (Wildman–Crippen MR) is 157 cm³/mol. The highest BCUT2D eigenvalue weighted by atomic mass is 16.5. The standard InChI is InChI=1S/C36H36O2/c1-3-31(37)13-5-4-11-27-18-22-29(23-19-27)36(30-24-20-28(21-25-30)12-10-26-38-2)34-16-8-6-14-32(34)33-15-7-9-17-35(33)36/h3,6-9,14-25H,1,4-5,10-13,26H2,2H3. The zero-order chi connectivity index (χ0) is 26.4. The number of fused-ring (bicyclic) bond motifs is 3. The van der Waals surface area contributed by atoms with E-state index in [1.807, 2.05) is 0 Å². The molecule has 4 aromatic carbocycles. The third kappa shape index (κ3) is 4.89. The maximum atomic E-state index is 11.5. The molecule has 1 aliphatic carbocycles. The van der Waals surface area contributed by atoms with Crippen LogP contribution in [0.2, 0.25) is 0 Å². The Kier molecular flexibility index (Phi) is 8.00. The molecule has 0 saturated heterocycles. The Bertz CT molecular complexity index is 1350. The number of aryl methyl sites for hydroxylation is 2. The van der Waals surface area contributed by atoms with Crippen molar-refractivity contribution in [2.75, 3.05) is 13.7 Å². The van der Waals surface area contributed by atoms with Crippen LogP contribution in [-0.4, -0.2) is 19.5 Å². The Balaban J connectivity index is 1.54. The fraction of sp³-hybridized carbons (Fsp3) is 0.250. The van der Waals surface area contributed by atoms with E-state index in [0.29, 0.717) is 6.42 Å². The van der Waals surface area contributed by atoms with E-state index in [9.17, 15) is 4.79 Å². The molecule has 0 saturated carbocycles. The first-order valence-electron chi connectivity index (χ1n) is 13.7. The molecule has 0 N–H and O–H groups in total. The lowest BCUT2D eigenvalue weighted by Crippen LogP contribution is -2.28. The van der Waals surface area contributed by atoms with Gasteiger partial charge in [-0.05, 0) is 82.7 Å². The number of unbranched alkanes of at least 4 members (excludes halogenated alkanes) is 1. The van der Waals surface area contributed by atoms with Crippen molar-refractivity contribution in [1.29, 1.82) is 0 Å². The summed E-state index contributed by atoms with van der Waals surface area (Å²) in [5.74, 6) is 0.130. The van der Waals surface area contributed by atoms with Gasteiger partial charge in [-0.15, -0.1) is 0 Å². The summed E-state index contributed by atoms with van der Waals surface area (Å²) in [5, 5.41) is 0. The van der Waals surface area contributed by atoms with Gasteiger partial charge in [0.1, 0.15) is 0 Å². The second kappa shape index (κ2) is 11.8. The molecule has 0 heterocycles. The molecule has 0 aromatic heterocycles. The summed E-state index contributed by atoms with van der Waals surface area (Å²) in [7, 11) is 1.76. The number of ether oxygens (including phenoxy) is 1. The van der Waals surface area contributed by atoms with Crippen molar-refractivity contribution < 1.29 is 9.53 Å². The van der Waals surface area contributed by atoms with E-state index < -0.39 is 0 Å². The third-order valence-electron chi connectivity index (χ3n) is 7.91. The molecule has 2 nitrogen and oxygen atoms in total. The largest absolute Gasteiger partial charge is 0.385 e. The zero-order valence-corrected chi connectivity index (χ0v) is 22.3. The van der Waals surface area contributed by atoms with E-state index in [1.54, 1.807) is 7.11 Å². The highest BCUT2D eigenvalue weighted by Gasteiger charge is 2.45. The maximum Gasteiger partial charge on any atom is 0.155 e. The lowest BCUT2D eigenvalue weighted by Gasteiger charge is -2.34. The van der Waals surface area contributed by atoms with Crippen molar-refractivity contribution in [1.82, 2.24) is 0 Å². The van der Waals surface area contributed by atoms with Gasteiger partial charge in [0.15, 0.2) is 5.78 Å². The van der Waals surface area contributed by atoms with Crippen molar-refractivity contribution in [3.05, 3.63) is 143 Å². The normalized spacial score (nSPS) is 13.1. The van der Waals surface area contributed by atoms with Gasteiger partial charge >= 0.3 is 0 Å². The van der Waals surface area contributed by atoms with Crippen LogP contribution >= 0.6 is 0 Å². The molecule has 192 valence electrons. The molecule has 2 heteroatoms. The molecular formula is C36H36O2. The van der Waals surface area contributed by atoms with E-state index in [1.165, 1.54) is 50.6 Å². The second-order valence-corrected chi connectivity index (χ2v) is 10.2. The molecule has 0 atom stereocenters. The molecular weight excluding hydrogens is 464 g/mol. The lowest BCUT2D eigenvalue weighted by molar-refractivity contribution is -0.114. The first-order chi connectivity index (χ1) is 18.7. The molecule has 0 unspecified atom stereocenters. The van der Waals surface area contributed by atoms with Crippen LogP contribution in [0.25, 0.3) is 11.1 Å². The lowest BCUT2D eigenvalue weighted by atomic mass is 9.67. The molecule has 0 aliphatic heterocycles. The summed E-state index contributed by atoms with van der Waals surface area (Å²) in [6.45, 7) is 4.36. The molecule has 4 aromatic rings. The minimum atomic E-state index is -0.368. The second-order valence-electron chi connectivity index (χ2n) is 10.2. The van der Waals surface area contributed by atoms with Crippen LogP contribution in [0.5, 0.6) is 0 Å². The Morgan fingerprint density at radius 3 is 1.71 bits per heavy atom. The van der Waals surface area contributed by atoms with Gasteiger partial charge in [0.25, 0.3) is 0 Å². The summed E-state index contributed by atoms with van der Waals surface area (Å²) >= 11 is 0. The van der Waals surface area contributed by atoms with Gasteiger partial charge in [-0.25, -0.2) is 0 Å². The number of carbonyl (C=O) groups excluding carboxylic acids is 1. The molecule has 0 spiro atoms. The summed E-state index contributed by atoms with van der Waals surface area (Å²) in [6.07, 6.45) is 6.92. The predicted octanol–water partition coefficient (Wildman–Crippen LogP) is 8.10. The minimum Gasteiger partial charge on any atom is -0.385 e. The van der Waals surface area contributed by atoms with Crippen LogP contribution in [0.1, 0.15) is 59.1 Å². The van der Waals surface area contributed by atoms with Gasteiger partial charge < -0.3 is 4.74 Å². The summed E-state index contributed by atoms with van der Waals surface area (Å²) in [6, 6.07) is 36.1. The maximum absolute atomic E-state index is 11.5. The topological polar surface area (TPSA) is 26.3 Å². The number of hydrogen-bond donors (Lipinski definition) is 0. The number of hydrogen-bond acceptors (Lipinski definition) is 2. The number of ketones is 1. The van der Waals surface area contributed by atoms with E-state index in [2.05, 4.69) is 104 Å². The molecule has 5 rings (SSSR count). The van der Waals surface area contributed by atoms with Crippen LogP contribution in [0.4, 0.5) is 0 Å². The monoisotopic (exact) mass is 500 g/mol. The van der Waals surface area contributed by atoms with Crippen LogP contribution in [-0.2, 0) is 27.8 Å². The number of allylic oxidation sites excluding steroid dienone is 1. The minimum absolute atomic E-state index is 0.130. The molecule has 1 aliphatic rings. The molecule has 0 radical (unpaired) electrons. The summed E-state index contributed by atoms with van der Waals surface area (Å²) in [4.78, 5) is 11.5. The van der Waals surface area contributed by atoms with Crippen LogP contribution < -0.4 is 0 Å². The van der Waals surface area contributed by atoms with Crippen molar-refractivity contribution in [2.24, 2.45) is 0 Å². The van der Waals surface area contributed by atoms with Gasteiger partial charge in [0.05, 0.1) is 5.41 Å². The van der Waals surface area contributed by atoms with Gasteiger partial charge in [0.2, 0.25) is 0 Å². The fourth-order valence-electron chi connectivity index (χ4n) is 6.02. The van der Waals surface area contributed by atoms with Crippen LogP contribution in [0.15, 0.2) is 110 Å². The van der Waals surface area contributed by atoms with Gasteiger partial charge in [-0.1, -0.05) is 104 Å². The first-order valence-corrected chi connectivity index (χ1v) is 13.7. The molecule has 0 bridgehead atoms. The molecule has 0 amide bonds. The van der Waals surface area contributed by atoms with Crippen molar-refractivity contribution in [2.45, 2.75) is 43.9 Å². The number of methoxy groups -OCH3 is 1. The number of carbonyl (C=O) groups is 1. The SMILES string of the molecule is C=CC(=O)CCCCc1ccc(C2(c3ccc(CCCOC)cc3)c3ccccc3-c3ccccc32)cc1. The van der Waals surface area contributed by atoms with E-state index in [4.69, 9.17) is 4.74 Å². The highest BCUT2D eigenvalue weighted by molar-refractivity contribution is 5.89. The van der Waals surface area contributed by atoms with E-state index in [-0.39, 0.29) is 11.2 Å². The van der Waals surface area contributed by atoms with Gasteiger partial charge in [-0.2, -0.15) is 0 Å². The quantitative estimate of drug-likeness (QED) is 0.128. The van der Waals surface area contributed by atoms with E-state index in [0.717, 1.165) is 38.7 Å². The Hall–Kier alpha value is -3.75. The smallest absolute Gasteiger partial charge is 0.155 e. The van der Waals surface area contributed by atoms with Gasteiger partial charge in [-0.3, -0.25) is 4.79 Å². The van der Waals surface area contributed by atoms with Crippen LogP contribution in [0, 0.1) is 0 Å². The Morgan fingerprint density at radius 1 is 0.711 bits per heavy atom. The summed E-state index contributed by atoms with van der Waals surface area (Å²) < 4.78 is 5.26. The van der Waals surface area contributed by atoms with Crippen LogP contribution in [0.3, 0.4) is 0 Å². The highest BCUT2D eigenvalue weighted by Crippen LogP contribution is 2.55. The van der Waals surface area contributed by atoms with E-state index >= 15 is 0 Å². The molecule has 38 heavy (non-hydrogen) atoms. The van der Waals surface area contributed by atoms with Gasteiger partial charge in [0, 0.05) is 20.1 Å². The average molecular weight is 501 g/mol. The molecule has 0 fully saturated rings. The van der Waals surface area contributed by atoms with Crippen molar-refractivity contribution in [3.63, 3.8) is 0 Å². The zero-order valence-electron chi connectivity index (χ0n) is 22.3. The van der Waals surface area contributed by atoms with Crippen molar-refractivity contribution >= 4 is 5.78 Å². The van der Waals surface area contributed by atoms with Crippen molar-refractivity contribution in [3.8, 4) is 11.1 Å². The Morgan fingerprint density at radius 2 is 1.21 bits per heavy atom. The first kappa shape index (κ1) is 25.9. The fourth-order valence-corrected chi connectivity index (χ4v) is 6.02. The number of benzene rings is 4. The average Bonchev–Trinajstić information content (AvgIpc) is 3.27.